The molecule has 1 atom stereocenters. The molecule has 0 saturated heterocycles. The van der Waals surface area contributed by atoms with Crippen molar-refractivity contribution < 1.29 is 4.39 Å². The van der Waals surface area contributed by atoms with E-state index in [2.05, 4.69) is 26.3 Å². The second-order valence-corrected chi connectivity index (χ2v) is 4.85. The molecule has 18 heavy (non-hydrogen) atoms. The zero-order valence-corrected chi connectivity index (χ0v) is 11.5. The number of hydrogen-bond acceptors (Lipinski definition) is 3. The third-order valence-electron chi connectivity index (χ3n) is 2.53. The lowest BCUT2D eigenvalue weighted by atomic mass is 10.0. The van der Waals surface area contributed by atoms with E-state index in [0.29, 0.717) is 15.7 Å². The molecule has 2 aromatic rings. The van der Waals surface area contributed by atoms with E-state index in [0.717, 1.165) is 0 Å². The number of benzene rings is 1. The number of nitrogens with zero attached hydrogens (tertiary/aromatic N) is 1. The van der Waals surface area contributed by atoms with Crippen molar-refractivity contribution >= 4 is 27.5 Å². The van der Waals surface area contributed by atoms with Gasteiger partial charge in [0.15, 0.2) is 0 Å². The fraction of sp³-hybridized carbons (Fsp3) is 0.0833. The highest BCUT2D eigenvalue weighted by molar-refractivity contribution is 9.10. The van der Waals surface area contributed by atoms with Crippen LogP contribution in [0.25, 0.3) is 0 Å². The second-order valence-electron chi connectivity index (χ2n) is 3.62. The van der Waals surface area contributed by atoms with Gasteiger partial charge in [0, 0.05) is 16.2 Å². The van der Waals surface area contributed by atoms with Gasteiger partial charge in [-0.15, -0.1) is 0 Å². The van der Waals surface area contributed by atoms with Crippen molar-refractivity contribution in [2.24, 2.45) is 5.84 Å². The summed E-state index contributed by atoms with van der Waals surface area (Å²) in [6.45, 7) is 0. The number of rotatable bonds is 3. The van der Waals surface area contributed by atoms with Gasteiger partial charge < -0.3 is 0 Å². The smallest absolute Gasteiger partial charge is 0.148 e. The molecule has 2 rings (SSSR count). The number of hydrazine groups is 1. The molecular weight excluding hydrogens is 321 g/mol. The molecule has 1 unspecified atom stereocenters. The number of aromatic nitrogens is 1. The predicted molar refractivity (Wildman–Crippen MR) is 72.5 cm³/mol. The summed E-state index contributed by atoms with van der Waals surface area (Å²) in [6.07, 6.45) is 1.62. The molecule has 0 aliphatic rings. The fourth-order valence-corrected chi connectivity index (χ4v) is 2.12. The first-order valence-corrected chi connectivity index (χ1v) is 6.32. The van der Waals surface area contributed by atoms with Gasteiger partial charge in [0.2, 0.25) is 0 Å². The molecule has 0 spiro atoms. The van der Waals surface area contributed by atoms with E-state index in [1.54, 1.807) is 30.5 Å². The van der Waals surface area contributed by atoms with Crippen molar-refractivity contribution in [2.75, 3.05) is 0 Å². The molecular formula is C12H10BrClFN3. The SMILES string of the molecule is NNC(c1ccccn1)c1ccc(Br)c(Cl)c1F. The van der Waals surface area contributed by atoms with Gasteiger partial charge in [-0.3, -0.25) is 10.8 Å². The maximum atomic E-state index is 14.1. The Morgan fingerprint density at radius 2 is 2.11 bits per heavy atom. The Hall–Kier alpha value is -1.01. The third-order valence-corrected chi connectivity index (χ3v) is 3.78. The number of pyridine rings is 1. The normalized spacial score (nSPS) is 12.4. The van der Waals surface area contributed by atoms with E-state index < -0.39 is 11.9 Å². The van der Waals surface area contributed by atoms with E-state index in [9.17, 15) is 4.39 Å². The highest BCUT2D eigenvalue weighted by Gasteiger charge is 2.20. The Bertz CT molecular complexity index is 551. The van der Waals surface area contributed by atoms with Gasteiger partial charge >= 0.3 is 0 Å². The van der Waals surface area contributed by atoms with Crippen LogP contribution in [-0.4, -0.2) is 4.98 Å². The largest absolute Gasteiger partial charge is 0.271 e. The van der Waals surface area contributed by atoms with Crippen LogP contribution in [0.4, 0.5) is 4.39 Å². The highest BCUT2D eigenvalue weighted by atomic mass is 79.9. The molecule has 3 nitrogen and oxygen atoms in total. The Morgan fingerprint density at radius 1 is 1.33 bits per heavy atom. The van der Waals surface area contributed by atoms with E-state index in [4.69, 9.17) is 17.4 Å². The zero-order valence-electron chi connectivity index (χ0n) is 9.20. The lowest BCUT2D eigenvalue weighted by Gasteiger charge is -2.17. The summed E-state index contributed by atoms with van der Waals surface area (Å²) < 4.78 is 14.6. The summed E-state index contributed by atoms with van der Waals surface area (Å²) in [5, 5.41) is 0.0312. The van der Waals surface area contributed by atoms with Crippen LogP contribution in [0.15, 0.2) is 41.0 Å². The molecule has 3 N–H and O–H groups in total. The minimum absolute atomic E-state index is 0.0312. The first-order valence-electron chi connectivity index (χ1n) is 5.15. The third kappa shape index (κ3) is 2.54. The summed E-state index contributed by atoms with van der Waals surface area (Å²) >= 11 is 9.03. The standard InChI is InChI=1S/C12H10BrClFN3/c13-8-5-4-7(11(15)10(8)14)12(18-16)9-3-1-2-6-17-9/h1-6,12,18H,16H2. The monoisotopic (exact) mass is 329 g/mol. The number of nitrogens with two attached hydrogens (primary N) is 1. The van der Waals surface area contributed by atoms with Crippen molar-refractivity contribution in [1.82, 2.24) is 10.4 Å². The minimum Gasteiger partial charge on any atom is -0.271 e. The summed E-state index contributed by atoms with van der Waals surface area (Å²) in [5.74, 6) is 4.97. The second kappa shape index (κ2) is 5.75. The van der Waals surface area contributed by atoms with E-state index in [1.165, 1.54) is 0 Å². The summed E-state index contributed by atoms with van der Waals surface area (Å²) in [6, 6.07) is 8.10. The van der Waals surface area contributed by atoms with E-state index in [1.807, 2.05) is 6.07 Å². The van der Waals surface area contributed by atoms with Gasteiger partial charge in [0.05, 0.1) is 16.8 Å². The van der Waals surface area contributed by atoms with Gasteiger partial charge in [0.1, 0.15) is 5.82 Å². The molecule has 0 fully saturated rings. The highest BCUT2D eigenvalue weighted by Crippen LogP contribution is 2.31. The lowest BCUT2D eigenvalue weighted by molar-refractivity contribution is 0.553. The number of hydrogen-bond donors (Lipinski definition) is 2. The van der Waals surface area contributed by atoms with Crippen LogP contribution in [-0.2, 0) is 0 Å². The Labute approximate surface area is 117 Å². The average molecular weight is 331 g/mol. The molecule has 0 aliphatic carbocycles. The quantitative estimate of drug-likeness (QED) is 0.516. The molecule has 0 aliphatic heterocycles. The maximum Gasteiger partial charge on any atom is 0.148 e. The van der Waals surface area contributed by atoms with Crippen molar-refractivity contribution in [3.8, 4) is 0 Å². The summed E-state index contributed by atoms with van der Waals surface area (Å²) in [4.78, 5) is 4.16. The van der Waals surface area contributed by atoms with Crippen molar-refractivity contribution in [3.05, 3.63) is 63.1 Å². The van der Waals surface area contributed by atoms with Gasteiger partial charge in [-0.05, 0) is 34.1 Å². The van der Waals surface area contributed by atoms with Gasteiger partial charge in [-0.1, -0.05) is 23.7 Å². The Kier molecular flexibility index (Phi) is 4.29. The maximum absolute atomic E-state index is 14.1. The molecule has 0 bridgehead atoms. The molecule has 0 amide bonds. The Morgan fingerprint density at radius 3 is 2.72 bits per heavy atom. The van der Waals surface area contributed by atoms with E-state index in [-0.39, 0.29) is 5.02 Å². The first-order chi connectivity index (χ1) is 8.65. The number of halogens is 3. The van der Waals surface area contributed by atoms with Gasteiger partial charge in [0.25, 0.3) is 0 Å². The van der Waals surface area contributed by atoms with Crippen molar-refractivity contribution in [3.63, 3.8) is 0 Å². The van der Waals surface area contributed by atoms with Crippen molar-refractivity contribution in [2.45, 2.75) is 6.04 Å². The van der Waals surface area contributed by atoms with Crippen LogP contribution < -0.4 is 11.3 Å². The average Bonchev–Trinajstić information content (AvgIpc) is 2.41. The summed E-state index contributed by atoms with van der Waals surface area (Å²) in [7, 11) is 0. The summed E-state index contributed by atoms with van der Waals surface area (Å²) in [5.41, 5.74) is 3.52. The molecule has 6 heteroatoms. The van der Waals surface area contributed by atoms with Crippen molar-refractivity contribution in [1.29, 1.82) is 0 Å². The molecule has 94 valence electrons. The van der Waals surface area contributed by atoms with Crippen LogP contribution >= 0.6 is 27.5 Å². The lowest BCUT2D eigenvalue weighted by Crippen LogP contribution is -2.30. The van der Waals surface area contributed by atoms with Crippen LogP contribution in [0.1, 0.15) is 17.3 Å². The van der Waals surface area contributed by atoms with Crippen LogP contribution in [0, 0.1) is 5.82 Å². The van der Waals surface area contributed by atoms with Gasteiger partial charge in [-0.25, -0.2) is 9.82 Å². The fourth-order valence-electron chi connectivity index (χ4n) is 1.64. The van der Waals surface area contributed by atoms with E-state index >= 15 is 0 Å². The Balaban J connectivity index is 2.50. The number of nitrogens with one attached hydrogen (secondary N) is 1. The van der Waals surface area contributed by atoms with Gasteiger partial charge in [-0.2, -0.15) is 0 Å². The predicted octanol–water partition coefficient (Wildman–Crippen LogP) is 3.19. The molecule has 1 aromatic heterocycles. The van der Waals surface area contributed by atoms with Crippen LogP contribution in [0.3, 0.4) is 0 Å². The topological polar surface area (TPSA) is 50.9 Å². The molecule has 0 saturated carbocycles. The first kappa shape index (κ1) is 13.4. The molecule has 0 radical (unpaired) electrons. The molecule has 1 heterocycles. The minimum atomic E-state index is -0.545. The van der Waals surface area contributed by atoms with Crippen LogP contribution in [0.2, 0.25) is 5.02 Å². The zero-order chi connectivity index (χ0) is 13.1. The molecule has 1 aromatic carbocycles. The van der Waals surface area contributed by atoms with Crippen LogP contribution in [0.5, 0.6) is 0 Å².